The number of carbonyl (C=O) groups excluding carboxylic acids is 5. The molecule has 4 N–H and O–H groups in total. The Kier molecular flexibility index (Phi) is 11.5. The summed E-state index contributed by atoms with van der Waals surface area (Å²) in [7, 11) is -3.42. The molecule has 0 spiro atoms. The number of carbonyl (C=O) groups is 5. The standard InChI is InChI=1S/C34H52F3N5O7S/c1-7-17-38-28(45)25(43)21(13-16-34(35,36)37)39-27(44)24-23-20(32(23,5)6)19-42(24)29(46)26(31(2,3)4)40-30(47)41-33(14-9-8-10-15-33)22-12-11-18-50(22,48)49/h7,20-24,26H,1,8-19H2,2-6H3,(H,38,45)(H,39,44)(H2,40,41,47)/t20?,21?,22?,23?,24-,26+/m0/s1. The van der Waals surface area contributed by atoms with Crippen molar-refractivity contribution in [1.29, 1.82) is 0 Å². The molecule has 282 valence electrons. The van der Waals surface area contributed by atoms with Crippen molar-refractivity contribution in [3.8, 4) is 0 Å². The zero-order valence-corrected chi connectivity index (χ0v) is 30.4. The van der Waals surface area contributed by atoms with Gasteiger partial charge in [0.2, 0.25) is 17.6 Å². The van der Waals surface area contributed by atoms with Crippen LogP contribution in [0.4, 0.5) is 18.0 Å². The predicted molar refractivity (Wildman–Crippen MR) is 179 cm³/mol. The molecule has 0 aromatic carbocycles. The second kappa shape index (κ2) is 14.5. The molecular weight excluding hydrogens is 679 g/mol. The molecule has 4 aliphatic rings. The van der Waals surface area contributed by atoms with E-state index >= 15 is 0 Å². The highest BCUT2D eigenvalue weighted by molar-refractivity contribution is 7.92. The average Bonchev–Trinajstić information content (AvgIpc) is 3.33. The normalized spacial score (nSPS) is 27.6. The van der Waals surface area contributed by atoms with Gasteiger partial charge in [-0.1, -0.05) is 60.0 Å². The Labute approximate surface area is 292 Å². The van der Waals surface area contributed by atoms with Gasteiger partial charge >= 0.3 is 12.2 Å². The van der Waals surface area contributed by atoms with E-state index in [-0.39, 0.29) is 30.7 Å². The molecule has 12 nitrogen and oxygen atoms in total. The molecule has 6 atom stereocenters. The molecule has 2 aliphatic carbocycles. The van der Waals surface area contributed by atoms with Crippen LogP contribution in [0.25, 0.3) is 0 Å². The molecule has 50 heavy (non-hydrogen) atoms. The lowest BCUT2D eigenvalue weighted by Gasteiger charge is -2.43. The van der Waals surface area contributed by atoms with E-state index in [1.807, 2.05) is 13.8 Å². The van der Waals surface area contributed by atoms with Crippen molar-refractivity contribution >= 4 is 39.4 Å². The van der Waals surface area contributed by atoms with Crippen LogP contribution in [0.15, 0.2) is 12.7 Å². The summed E-state index contributed by atoms with van der Waals surface area (Å²) in [6.07, 6.45) is -1.33. The third-order valence-electron chi connectivity index (χ3n) is 11.2. The van der Waals surface area contributed by atoms with Gasteiger partial charge in [0, 0.05) is 19.5 Å². The fourth-order valence-electron chi connectivity index (χ4n) is 8.39. The van der Waals surface area contributed by atoms with Gasteiger partial charge in [0.05, 0.1) is 22.6 Å². The number of hydrogen-bond donors (Lipinski definition) is 4. The molecule has 4 unspecified atom stereocenters. The highest BCUT2D eigenvalue weighted by Crippen LogP contribution is 2.65. The van der Waals surface area contributed by atoms with Crippen LogP contribution in [-0.2, 0) is 29.0 Å². The van der Waals surface area contributed by atoms with Crippen molar-refractivity contribution in [1.82, 2.24) is 26.2 Å². The third-order valence-corrected chi connectivity index (χ3v) is 13.6. The third kappa shape index (κ3) is 8.47. The van der Waals surface area contributed by atoms with E-state index in [1.165, 1.54) is 11.0 Å². The van der Waals surface area contributed by atoms with Gasteiger partial charge in [-0.15, -0.1) is 6.58 Å². The van der Waals surface area contributed by atoms with E-state index in [2.05, 4.69) is 27.8 Å². The van der Waals surface area contributed by atoms with E-state index in [1.54, 1.807) is 20.8 Å². The minimum Gasteiger partial charge on any atom is -0.346 e. The van der Waals surface area contributed by atoms with E-state index in [4.69, 9.17) is 0 Å². The van der Waals surface area contributed by atoms with Crippen LogP contribution in [0.2, 0.25) is 0 Å². The van der Waals surface area contributed by atoms with Crippen molar-refractivity contribution in [2.75, 3.05) is 18.8 Å². The van der Waals surface area contributed by atoms with Crippen molar-refractivity contribution in [2.45, 2.75) is 127 Å². The van der Waals surface area contributed by atoms with Gasteiger partial charge in [0.1, 0.15) is 12.1 Å². The molecule has 4 fully saturated rings. The highest BCUT2D eigenvalue weighted by atomic mass is 32.2. The average molecular weight is 732 g/mol. The maximum atomic E-state index is 14.4. The molecule has 0 aromatic heterocycles. The van der Waals surface area contributed by atoms with Gasteiger partial charge in [-0.25, -0.2) is 13.2 Å². The molecule has 4 rings (SSSR count). The molecule has 2 saturated carbocycles. The van der Waals surface area contributed by atoms with Gasteiger partial charge in [-0.2, -0.15) is 13.2 Å². The minimum atomic E-state index is -4.66. The van der Waals surface area contributed by atoms with Gasteiger partial charge in [0.25, 0.3) is 5.91 Å². The Morgan fingerprint density at radius 2 is 1.64 bits per heavy atom. The Hall–Kier alpha value is -3.17. The number of piperidine rings is 1. The summed E-state index contributed by atoms with van der Waals surface area (Å²) >= 11 is 0. The largest absolute Gasteiger partial charge is 0.389 e. The first-order valence-electron chi connectivity index (χ1n) is 17.5. The second-order valence-electron chi connectivity index (χ2n) is 16.1. The number of rotatable bonds is 12. The number of sulfone groups is 1. The SMILES string of the molecule is C=CCNC(=O)C(=O)C(CCC(F)(F)F)NC(=O)[C@@H]1C2C(CN1C(=O)[C@@H](NC(=O)NC1(C3CCCS3(=O)=O)CCCCC1)C(C)(C)C)C2(C)C. The number of halogens is 3. The van der Waals surface area contributed by atoms with E-state index < -0.39 is 98.1 Å². The maximum Gasteiger partial charge on any atom is 0.389 e. The number of amides is 5. The Morgan fingerprint density at radius 1 is 1.00 bits per heavy atom. The summed E-state index contributed by atoms with van der Waals surface area (Å²) in [4.78, 5) is 68.7. The minimum absolute atomic E-state index is 0.0606. The lowest BCUT2D eigenvalue weighted by Crippen LogP contribution is -2.65. The predicted octanol–water partition coefficient (Wildman–Crippen LogP) is 3.16. The summed E-state index contributed by atoms with van der Waals surface area (Å²) in [5.74, 6) is -4.33. The van der Waals surface area contributed by atoms with Crippen molar-refractivity contribution in [2.24, 2.45) is 22.7 Å². The van der Waals surface area contributed by atoms with Crippen LogP contribution >= 0.6 is 0 Å². The van der Waals surface area contributed by atoms with Crippen molar-refractivity contribution in [3.63, 3.8) is 0 Å². The van der Waals surface area contributed by atoms with E-state index in [0.717, 1.165) is 19.3 Å². The molecule has 0 radical (unpaired) electrons. The summed E-state index contributed by atoms with van der Waals surface area (Å²) < 4.78 is 65.6. The van der Waals surface area contributed by atoms with Crippen LogP contribution < -0.4 is 21.3 Å². The Morgan fingerprint density at radius 3 is 2.18 bits per heavy atom. The van der Waals surface area contributed by atoms with Crippen LogP contribution in [0.5, 0.6) is 0 Å². The quantitative estimate of drug-likeness (QED) is 0.177. The number of nitrogens with zero attached hydrogens (tertiary/aromatic N) is 1. The van der Waals surface area contributed by atoms with Crippen LogP contribution in [0.3, 0.4) is 0 Å². The fraction of sp³-hybridized carbons (Fsp3) is 0.794. The molecular formula is C34H52F3N5O7S. The second-order valence-corrected chi connectivity index (χ2v) is 18.4. The van der Waals surface area contributed by atoms with Gasteiger partial charge in [0.15, 0.2) is 9.84 Å². The van der Waals surface area contributed by atoms with Gasteiger partial charge in [-0.05, 0) is 54.8 Å². The summed E-state index contributed by atoms with van der Waals surface area (Å²) in [6, 6.07) is -4.85. The summed E-state index contributed by atoms with van der Waals surface area (Å²) in [5, 5.41) is 9.63. The topological polar surface area (TPSA) is 171 Å². The van der Waals surface area contributed by atoms with Crippen LogP contribution in [-0.4, -0.2) is 96.8 Å². The molecule has 0 aromatic rings. The molecule has 0 bridgehead atoms. The first-order valence-corrected chi connectivity index (χ1v) is 19.2. The molecule has 16 heteroatoms. The van der Waals surface area contributed by atoms with Gasteiger partial charge in [-0.3, -0.25) is 19.2 Å². The van der Waals surface area contributed by atoms with E-state index in [0.29, 0.717) is 25.7 Å². The molecule has 5 amide bonds. The van der Waals surface area contributed by atoms with Crippen molar-refractivity contribution in [3.05, 3.63) is 12.7 Å². The highest BCUT2D eigenvalue weighted by Gasteiger charge is 2.70. The number of nitrogens with one attached hydrogen (secondary N) is 4. The zero-order chi connectivity index (χ0) is 37.4. The number of Topliss-reactive ketones (excluding diaryl/α,β-unsaturated/α-hetero) is 1. The first kappa shape index (κ1) is 39.6. The smallest absolute Gasteiger partial charge is 0.346 e. The van der Waals surface area contributed by atoms with Crippen LogP contribution in [0, 0.1) is 22.7 Å². The van der Waals surface area contributed by atoms with E-state index in [9.17, 15) is 45.6 Å². The lowest BCUT2D eigenvalue weighted by molar-refractivity contribution is -0.148. The monoisotopic (exact) mass is 731 g/mol. The maximum absolute atomic E-state index is 14.4. The Balaban J connectivity index is 1.57. The number of hydrogen-bond acceptors (Lipinski definition) is 7. The number of likely N-dealkylation sites (tertiary alicyclic amines) is 1. The van der Waals surface area contributed by atoms with Crippen LogP contribution in [0.1, 0.15) is 92.4 Å². The molecule has 2 heterocycles. The fourth-order valence-corrected chi connectivity index (χ4v) is 10.7. The number of fused-ring (bicyclic) bond motifs is 1. The number of alkyl halides is 3. The number of urea groups is 1. The van der Waals surface area contributed by atoms with Crippen molar-refractivity contribution < 1.29 is 45.6 Å². The summed E-state index contributed by atoms with van der Waals surface area (Å²) in [5.41, 5.74) is -2.25. The Bertz CT molecular complexity index is 1470. The lowest BCUT2D eigenvalue weighted by atomic mass is 9.78. The first-order chi connectivity index (χ1) is 23.1. The zero-order valence-electron chi connectivity index (χ0n) is 29.6. The number of ketones is 1. The van der Waals surface area contributed by atoms with Gasteiger partial charge < -0.3 is 26.2 Å². The molecule has 2 aliphatic heterocycles. The summed E-state index contributed by atoms with van der Waals surface area (Å²) in [6.45, 7) is 12.5. The molecule has 2 saturated heterocycles.